The molecule has 0 amide bonds. The molecule has 0 fully saturated rings. The molecule has 0 nitrogen and oxygen atoms in total. The number of halogens is 6. The van der Waals surface area contributed by atoms with Gasteiger partial charge in [0, 0.05) is 35.4 Å². The Morgan fingerprint density at radius 1 is 0.200 bits per heavy atom. The third kappa shape index (κ3) is 4.51. The average molecular weight is 911 g/mol. The smallest absolute Gasteiger partial charge is 0.136 e. The summed E-state index contributed by atoms with van der Waals surface area (Å²) in [6, 6.07) is 52.0. The average Bonchev–Trinajstić information content (AvgIpc) is 4.01. The molecule has 0 heterocycles. The number of hydrogen-bond donors (Lipinski definition) is 0. The lowest BCUT2D eigenvalue weighted by Gasteiger charge is -2.21. The van der Waals surface area contributed by atoms with E-state index in [4.69, 9.17) is 0 Å². The zero-order valence-corrected chi connectivity index (χ0v) is 36.4. The minimum absolute atomic E-state index is 0.121. The fourth-order valence-corrected chi connectivity index (χ4v) is 13.2. The Hall–Kier alpha value is -8.74. The van der Waals surface area contributed by atoms with Crippen LogP contribution in [0, 0.1) is 34.9 Å². The van der Waals surface area contributed by atoms with E-state index in [2.05, 4.69) is 91.0 Å². The standard InChI is InChI=1S/C64H28F6/c65-30-25-46(67)63(47(68)26-30)57-35-13-6-7-14-36(35)58(64-48(69)27-31(66)28-49(64)70)62-45-24-20-40-38-18-22-43-54-42(21-17-37(51(38)54)39-19-23-44(61(57)62)55(45)52(39)40)59-50(29-9-2-1-3-10-29)41-16-8-15-33-32-11-4-5-12-34(32)56(53(33)41)60(43)59/h1-28H. The highest BCUT2D eigenvalue weighted by Gasteiger charge is 2.36. The summed E-state index contributed by atoms with van der Waals surface area (Å²) in [5.74, 6) is -6.65. The van der Waals surface area contributed by atoms with Gasteiger partial charge in [-0.3, -0.25) is 0 Å². The predicted octanol–water partition coefficient (Wildman–Crippen LogP) is 19.0. The van der Waals surface area contributed by atoms with Crippen LogP contribution in [0.1, 0.15) is 0 Å². The highest BCUT2D eigenvalue weighted by molar-refractivity contribution is 6.51. The second-order valence-electron chi connectivity index (χ2n) is 18.8. The van der Waals surface area contributed by atoms with E-state index in [1.54, 1.807) is 24.3 Å². The van der Waals surface area contributed by atoms with Gasteiger partial charge in [0.25, 0.3) is 0 Å². The molecule has 15 aromatic rings. The van der Waals surface area contributed by atoms with E-state index in [9.17, 15) is 8.78 Å². The second-order valence-corrected chi connectivity index (χ2v) is 18.8. The summed E-state index contributed by atoms with van der Waals surface area (Å²) in [6.07, 6.45) is 0. The summed E-state index contributed by atoms with van der Waals surface area (Å²) >= 11 is 0. The third-order valence-corrected chi connectivity index (χ3v) is 15.6. The van der Waals surface area contributed by atoms with Crippen molar-refractivity contribution in [3.05, 3.63) is 205 Å². The largest absolute Gasteiger partial charge is 0.207 e. The van der Waals surface area contributed by atoms with Crippen LogP contribution in [0.3, 0.4) is 0 Å². The third-order valence-electron chi connectivity index (χ3n) is 15.6. The highest BCUT2D eigenvalue weighted by Crippen LogP contribution is 2.62. The van der Waals surface area contributed by atoms with Gasteiger partial charge in [-0.05, 0) is 141 Å². The lowest BCUT2D eigenvalue weighted by atomic mass is 9.82. The number of benzene rings is 13. The fourth-order valence-electron chi connectivity index (χ4n) is 13.2. The van der Waals surface area contributed by atoms with E-state index in [-0.39, 0.29) is 21.9 Å². The minimum Gasteiger partial charge on any atom is -0.207 e. The molecule has 16 rings (SSSR count). The minimum atomic E-state index is -1.12. The molecule has 0 aromatic heterocycles. The predicted molar refractivity (Wildman–Crippen MR) is 276 cm³/mol. The number of rotatable bonds is 3. The molecule has 0 radical (unpaired) electrons. The second kappa shape index (κ2) is 13.1. The maximum Gasteiger partial charge on any atom is 0.136 e. The van der Waals surface area contributed by atoms with Crippen molar-refractivity contribution in [1.82, 2.24) is 0 Å². The topological polar surface area (TPSA) is 0 Å². The summed E-state index contributed by atoms with van der Waals surface area (Å²) < 4.78 is 94.7. The summed E-state index contributed by atoms with van der Waals surface area (Å²) in [4.78, 5) is 0. The Labute approximate surface area is 392 Å². The van der Waals surface area contributed by atoms with Crippen molar-refractivity contribution in [2.45, 2.75) is 0 Å². The number of hydrogen-bond acceptors (Lipinski definition) is 0. The molecule has 0 aliphatic heterocycles. The van der Waals surface area contributed by atoms with Crippen molar-refractivity contribution in [2.24, 2.45) is 0 Å². The Kier molecular flexibility index (Phi) is 7.14. The van der Waals surface area contributed by atoms with Crippen LogP contribution in [0.15, 0.2) is 170 Å². The first-order valence-corrected chi connectivity index (χ1v) is 23.1. The van der Waals surface area contributed by atoms with Crippen molar-refractivity contribution >= 4 is 108 Å². The first-order chi connectivity index (χ1) is 34.3. The van der Waals surface area contributed by atoms with Gasteiger partial charge in [0.1, 0.15) is 34.9 Å². The van der Waals surface area contributed by atoms with Gasteiger partial charge in [0.15, 0.2) is 0 Å². The molecular formula is C64H28F6. The molecule has 0 bridgehead atoms. The molecule has 0 saturated carbocycles. The first kappa shape index (κ1) is 38.3. The van der Waals surface area contributed by atoms with Gasteiger partial charge in [-0.1, -0.05) is 146 Å². The van der Waals surface area contributed by atoms with Crippen LogP contribution in [-0.2, 0) is 0 Å². The maximum atomic E-state index is 16.3. The molecule has 15 aromatic carbocycles. The Morgan fingerprint density at radius 2 is 0.557 bits per heavy atom. The SMILES string of the molecule is Fc1cc(F)c(-c2c3c(c(-c4c(F)cc(F)cc4F)c4ccccc24)-c2ccc4c5ccc6c7c(ccc(c8ccc-3c2c84)c57)c2c(-c3ccccc3)c3cccc4c5ccccc5c(c34)c62)c(F)c1. The molecule has 1 aliphatic carbocycles. The van der Waals surface area contributed by atoms with E-state index >= 15 is 17.6 Å². The molecule has 1 aliphatic rings. The zero-order valence-electron chi connectivity index (χ0n) is 36.4. The van der Waals surface area contributed by atoms with Gasteiger partial charge in [0.05, 0.1) is 11.1 Å². The van der Waals surface area contributed by atoms with E-state index in [1.807, 2.05) is 30.3 Å². The van der Waals surface area contributed by atoms with E-state index < -0.39 is 46.0 Å². The van der Waals surface area contributed by atoms with Gasteiger partial charge in [0.2, 0.25) is 0 Å². The van der Waals surface area contributed by atoms with Crippen LogP contribution in [0.25, 0.3) is 163 Å². The molecule has 0 N–H and O–H groups in total. The zero-order chi connectivity index (χ0) is 46.6. The summed E-state index contributed by atoms with van der Waals surface area (Å²) in [7, 11) is 0. The van der Waals surface area contributed by atoms with Crippen LogP contribution >= 0.6 is 0 Å². The molecule has 0 unspecified atom stereocenters. The first-order valence-electron chi connectivity index (χ1n) is 23.1. The summed E-state index contributed by atoms with van der Waals surface area (Å²) in [6.45, 7) is 0. The lowest BCUT2D eigenvalue weighted by molar-refractivity contribution is 0.547. The molecule has 326 valence electrons. The van der Waals surface area contributed by atoms with Crippen LogP contribution < -0.4 is 0 Å². The van der Waals surface area contributed by atoms with Crippen molar-refractivity contribution in [2.75, 3.05) is 0 Å². The lowest BCUT2D eigenvalue weighted by Crippen LogP contribution is -2.00. The molecule has 70 heavy (non-hydrogen) atoms. The quantitative estimate of drug-likeness (QED) is 0.0941. The van der Waals surface area contributed by atoms with E-state index in [1.165, 1.54) is 48.7 Å². The van der Waals surface area contributed by atoms with Crippen molar-refractivity contribution < 1.29 is 26.3 Å². The van der Waals surface area contributed by atoms with E-state index in [0.29, 0.717) is 46.5 Å². The van der Waals surface area contributed by atoms with E-state index in [0.717, 1.165) is 59.4 Å². The van der Waals surface area contributed by atoms with Gasteiger partial charge >= 0.3 is 0 Å². The summed E-state index contributed by atoms with van der Waals surface area (Å²) in [5.41, 5.74) is 3.51. The Morgan fingerprint density at radius 3 is 1.11 bits per heavy atom. The van der Waals surface area contributed by atoms with Crippen LogP contribution in [0.5, 0.6) is 0 Å². The highest BCUT2D eigenvalue weighted by atomic mass is 19.2. The molecule has 0 atom stereocenters. The Bertz CT molecular complexity index is 4670. The summed E-state index contributed by atoms with van der Waals surface area (Å²) in [5, 5.41) is 20.4. The van der Waals surface area contributed by atoms with Crippen molar-refractivity contribution in [3.8, 4) is 55.6 Å². The molecular weight excluding hydrogens is 883 g/mol. The van der Waals surface area contributed by atoms with Gasteiger partial charge < -0.3 is 0 Å². The molecule has 0 spiro atoms. The van der Waals surface area contributed by atoms with Crippen LogP contribution in [-0.4, -0.2) is 0 Å². The van der Waals surface area contributed by atoms with Gasteiger partial charge in [-0.25, -0.2) is 26.3 Å². The monoisotopic (exact) mass is 910 g/mol. The maximum absolute atomic E-state index is 16.3. The van der Waals surface area contributed by atoms with Crippen LogP contribution in [0.2, 0.25) is 0 Å². The number of fused-ring (bicyclic) bond motifs is 13. The Balaban J connectivity index is 1.09. The van der Waals surface area contributed by atoms with Crippen molar-refractivity contribution in [1.29, 1.82) is 0 Å². The van der Waals surface area contributed by atoms with Crippen LogP contribution in [0.4, 0.5) is 26.3 Å². The molecule has 0 saturated heterocycles. The van der Waals surface area contributed by atoms with Crippen molar-refractivity contribution in [3.63, 3.8) is 0 Å². The molecule has 6 heteroatoms. The normalized spacial score (nSPS) is 12.7. The van der Waals surface area contributed by atoms with Gasteiger partial charge in [-0.2, -0.15) is 0 Å². The van der Waals surface area contributed by atoms with Gasteiger partial charge in [-0.15, -0.1) is 0 Å². The fraction of sp³-hybridized carbons (Fsp3) is 0.